The molecule has 0 aromatic heterocycles. The van der Waals surface area contributed by atoms with E-state index < -0.39 is 0 Å². The summed E-state index contributed by atoms with van der Waals surface area (Å²) in [4.78, 5) is 11.2. The van der Waals surface area contributed by atoms with Crippen LogP contribution in [0, 0.1) is 9.39 Å². The number of carbonyl (C=O) groups excluding carboxylic acids is 1. The number of Topliss-reactive ketones (excluding diaryl/α,β-unsaturated/α-hetero) is 1. The fraction of sp³-hybridized carbons (Fsp3) is 0.125. The predicted molar refractivity (Wildman–Crippen MR) is 64.9 cm³/mol. The van der Waals surface area contributed by atoms with Crippen LogP contribution in [0.25, 0.3) is 0 Å². The van der Waals surface area contributed by atoms with Gasteiger partial charge >= 0.3 is 0 Å². The van der Waals surface area contributed by atoms with E-state index in [1.165, 1.54) is 6.07 Å². The molecule has 0 aliphatic heterocycles. The minimum Gasteiger partial charge on any atom is -0.293 e. The first-order chi connectivity index (χ1) is 6.06. The third-order valence-corrected chi connectivity index (χ3v) is 4.40. The smallest absolute Gasteiger partial charge is 0.173 e. The van der Waals surface area contributed by atoms with Crippen molar-refractivity contribution in [3.8, 4) is 0 Å². The van der Waals surface area contributed by atoms with Crippen molar-refractivity contribution < 1.29 is 9.18 Å². The van der Waals surface area contributed by atoms with Gasteiger partial charge in [0.25, 0.3) is 0 Å². The SMILES string of the molecule is O=C(CBr)c1cc(F)c(I)c(Br)c1. The molecule has 0 N–H and O–H groups in total. The lowest BCUT2D eigenvalue weighted by Crippen LogP contribution is -2.01. The molecule has 0 spiro atoms. The summed E-state index contributed by atoms with van der Waals surface area (Å²) in [7, 11) is 0. The molecule has 5 heteroatoms. The van der Waals surface area contributed by atoms with E-state index in [0.29, 0.717) is 13.6 Å². The molecule has 0 bridgehead atoms. The van der Waals surface area contributed by atoms with Crippen molar-refractivity contribution in [2.75, 3.05) is 5.33 Å². The molecular formula is C8H4Br2FIO. The number of benzene rings is 1. The van der Waals surface area contributed by atoms with E-state index in [9.17, 15) is 9.18 Å². The molecule has 1 aromatic carbocycles. The fourth-order valence-electron chi connectivity index (χ4n) is 0.794. The van der Waals surface area contributed by atoms with Gasteiger partial charge in [0.05, 0.1) is 8.90 Å². The Hall–Kier alpha value is 0.510. The van der Waals surface area contributed by atoms with Gasteiger partial charge in [0.1, 0.15) is 5.82 Å². The Labute approximate surface area is 105 Å². The van der Waals surface area contributed by atoms with Crippen molar-refractivity contribution in [3.05, 3.63) is 31.6 Å². The van der Waals surface area contributed by atoms with Crippen molar-refractivity contribution >= 4 is 60.2 Å². The molecule has 13 heavy (non-hydrogen) atoms. The first kappa shape index (κ1) is 11.6. The highest BCUT2D eigenvalue weighted by atomic mass is 127. The summed E-state index contributed by atoms with van der Waals surface area (Å²) in [6.45, 7) is 0. The highest BCUT2D eigenvalue weighted by Crippen LogP contribution is 2.24. The Balaban J connectivity index is 3.20. The van der Waals surface area contributed by atoms with Gasteiger partial charge in [0.2, 0.25) is 0 Å². The maximum absolute atomic E-state index is 13.1. The fourth-order valence-corrected chi connectivity index (χ4v) is 1.86. The summed E-state index contributed by atoms with van der Waals surface area (Å²) >= 11 is 8.09. The van der Waals surface area contributed by atoms with Gasteiger partial charge in [-0.3, -0.25) is 4.79 Å². The molecule has 0 saturated heterocycles. The van der Waals surface area contributed by atoms with Gasteiger partial charge in [0, 0.05) is 10.0 Å². The van der Waals surface area contributed by atoms with Crippen LogP contribution in [-0.4, -0.2) is 11.1 Å². The Morgan fingerprint density at radius 1 is 1.54 bits per heavy atom. The van der Waals surface area contributed by atoms with Gasteiger partial charge in [-0.25, -0.2) is 4.39 Å². The monoisotopic (exact) mass is 420 g/mol. The predicted octanol–water partition coefficient (Wildman–Crippen LogP) is 3.77. The van der Waals surface area contributed by atoms with Crippen molar-refractivity contribution in [1.82, 2.24) is 0 Å². The highest BCUT2D eigenvalue weighted by Gasteiger charge is 2.10. The van der Waals surface area contributed by atoms with Crippen molar-refractivity contribution in [1.29, 1.82) is 0 Å². The molecule has 0 fully saturated rings. The molecule has 0 aliphatic carbocycles. The number of alkyl halides is 1. The normalized spacial score (nSPS) is 10.2. The van der Waals surface area contributed by atoms with Crippen LogP contribution in [0.15, 0.2) is 16.6 Å². The molecular weight excluding hydrogens is 418 g/mol. The zero-order chi connectivity index (χ0) is 10.0. The van der Waals surface area contributed by atoms with E-state index in [0.717, 1.165) is 0 Å². The van der Waals surface area contributed by atoms with Crippen LogP contribution >= 0.6 is 54.5 Å². The second kappa shape index (κ2) is 4.84. The van der Waals surface area contributed by atoms with Crippen LogP contribution < -0.4 is 0 Å². The summed E-state index contributed by atoms with van der Waals surface area (Å²) in [5.41, 5.74) is 0.377. The van der Waals surface area contributed by atoms with Crippen molar-refractivity contribution in [2.24, 2.45) is 0 Å². The van der Waals surface area contributed by atoms with E-state index in [4.69, 9.17) is 0 Å². The van der Waals surface area contributed by atoms with Crippen LogP contribution in [0.3, 0.4) is 0 Å². The van der Waals surface area contributed by atoms with E-state index in [1.54, 1.807) is 6.07 Å². The van der Waals surface area contributed by atoms with Gasteiger partial charge in [-0.15, -0.1) is 0 Å². The van der Waals surface area contributed by atoms with Crippen molar-refractivity contribution in [2.45, 2.75) is 0 Å². The minimum absolute atomic E-state index is 0.129. The van der Waals surface area contributed by atoms with Gasteiger partial charge < -0.3 is 0 Å². The number of halogens is 4. The van der Waals surface area contributed by atoms with Crippen LogP contribution in [0.5, 0.6) is 0 Å². The molecule has 0 unspecified atom stereocenters. The molecule has 1 nitrogen and oxygen atoms in total. The standard InChI is InChI=1S/C8H4Br2FIO/c9-3-7(13)4-1-5(10)8(12)6(11)2-4/h1-2H,3H2. The maximum Gasteiger partial charge on any atom is 0.173 e. The molecule has 0 radical (unpaired) electrons. The molecule has 0 saturated carbocycles. The number of carbonyl (C=O) groups is 1. The molecule has 70 valence electrons. The second-order valence-electron chi connectivity index (χ2n) is 2.31. The maximum atomic E-state index is 13.1. The zero-order valence-electron chi connectivity index (χ0n) is 6.28. The van der Waals surface area contributed by atoms with E-state index in [1.807, 2.05) is 22.6 Å². The lowest BCUT2D eigenvalue weighted by Gasteiger charge is -2.02. The molecule has 0 atom stereocenters. The highest BCUT2D eigenvalue weighted by molar-refractivity contribution is 14.1. The quantitative estimate of drug-likeness (QED) is 0.307. The molecule has 0 aliphatic rings. The topological polar surface area (TPSA) is 17.1 Å². The van der Waals surface area contributed by atoms with E-state index in [-0.39, 0.29) is 16.9 Å². The van der Waals surface area contributed by atoms with E-state index >= 15 is 0 Å². The van der Waals surface area contributed by atoms with Gasteiger partial charge in [-0.2, -0.15) is 0 Å². The first-order valence-corrected chi connectivity index (χ1v) is 6.29. The second-order valence-corrected chi connectivity index (χ2v) is 4.80. The largest absolute Gasteiger partial charge is 0.293 e. The lowest BCUT2D eigenvalue weighted by atomic mass is 10.1. The number of rotatable bonds is 2. The average Bonchev–Trinajstić information content (AvgIpc) is 2.12. The van der Waals surface area contributed by atoms with Crippen molar-refractivity contribution in [3.63, 3.8) is 0 Å². The molecule has 0 amide bonds. The molecule has 1 rings (SSSR count). The summed E-state index contributed by atoms with van der Waals surface area (Å²) < 4.78 is 14.2. The zero-order valence-corrected chi connectivity index (χ0v) is 11.6. The minimum atomic E-state index is -0.376. The Morgan fingerprint density at radius 3 is 2.62 bits per heavy atom. The Morgan fingerprint density at radius 2 is 2.15 bits per heavy atom. The van der Waals surface area contributed by atoms with Crippen LogP contribution in [0.2, 0.25) is 0 Å². The average molecular weight is 422 g/mol. The summed E-state index contributed by atoms with van der Waals surface area (Å²) in [5, 5.41) is 0.208. The van der Waals surface area contributed by atoms with Crippen LogP contribution in [0.1, 0.15) is 10.4 Å². The number of ketones is 1. The van der Waals surface area contributed by atoms with Crippen LogP contribution in [0.4, 0.5) is 4.39 Å². The third-order valence-electron chi connectivity index (χ3n) is 1.43. The molecule has 0 heterocycles. The summed E-state index contributed by atoms with van der Waals surface area (Å²) in [5.74, 6) is -0.504. The van der Waals surface area contributed by atoms with Gasteiger partial charge in [-0.05, 0) is 50.7 Å². The third kappa shape index (κ3) is 2.73. The Kier molecular flexibility index (Phi) is 4.31. The number of hydrogen-bond acceptors (Lipinski definition) is 1. The van der Waals surface area contributed by atoms with Crippen LogP contribution in [-0.2, 0) is 0 Å². The first-order valence-electron chi connectivity index (χ1n) is 3.30. The lowest BCUT2D eigenvalue weighted by molar-refractivity contribution is 0.102. The van der Waals surface area contributed by atoms with Gasteiger partial charge in [0.15, 0.2) is 5.78 Å². The summed E-state index contributed by atoms with van der Waals surface area (Å²) in [6, 6.07) is 2.87. The van der Waals surface area contributed by atoms with Gasteiger partial charge in [-0.1, -0.05) is 15.9 Å². The number of hydrogen-bond donors (Lipinski definition) is 0. The summed E-state index contributed by atoms with van der Waals surface area (Å²) in [6.07, 6.45) is 0. The van der Waals surface area contributed by atoms with E-state index in [2.05, 4.69) is 31.9 Å². The Bertz CT molecular complexity index is 331. The molecule has 1 aromatic rings.